The maximum atomic E-state index is 4.93. The molecule has 0 spiro atoms. The number of hydrogen-bond donors (Lipinski definition) is 1. The second kappa shape index (κ2) is 7.39. The number of thiazole rings is 1. The zero-order chi connectivity index (χ0) is 13.7. The first kappa shape index (κ1) is 15.0. The third-order valence-electron chi connectivity index (χ3n) is 4.44. The van der Waals surface area contributed by atoms with E-state index in [9.17, 15) is 0 Å². The summed E-state index contributed by atoms with van der Waals surface area (Å²) in [6.07, 6.45) is 7.96. The monoisotopic (exact) mass is 280 g/mol. The van der Waals surface area contributed by atoms with Crippen molar-refractivity contribution < 1.29 is 0 Å². The average molecular weight is 280 g/mol. The third-order valence-corrected chi connectivity index (χ3v) is 5.70. The van der Waals surface area contributed by atoms with Gasteiger partial charge in [-0.15, -0.1) is 11.3 Å². The maximum absolute atomic E-state index is 4.93. The van der Waals surface area contributed by atoms with Crippen LogP contribution in [0, 0.1) is 5.92 Å². The Labute approximate surface area is 122 Å². The van der Waals surface area contributed by atoms with Crippen LogP contribution in [-0.2, 0) is 13.0 Å². The summed E-state index contributed by atoms with van der Waals surface area (Å²) in [5, 5.41) is 4.86. The number of aromatic nitrogens is 1. The zero-order valence-electron chi connectivity index (χ0n) is 12.7. The molecule has 0 aromatic carbocycles. The van der Waals surface area contributed by atoms with Crippen LogP contribution in [0.1, 0.15) is 74.4 Å². The molecule has 0 amide bonds. The molecular formula is C16H28N2S. The van der Waals surface area contributed by atoms with Crippen molar-refractivity contribution >= 4 is 11.3 Å². The highest BCUT2D eigenvalue weighted by atomic mass is 32.1. The van der Waals surface area contributed by atoms with E-state index in [1.165, 1.54) is 47.7 Å². The molecule has 0 unspecified atom stereocenters. The molecule has 1 aromatic heterocycles. The number of aryl methyl sites for hydroxylation is 1. The lowest BCUT2D eigenvalue weighted by molar-refractivity contribution is 0.318. The molecule has 1 aliphatic carbocycles. The summed E-state index contributed by atoms with van der Waals surface area (Å²) in [5.74, 6) is 1.72. The third kappa shape index (κ3) is 3.79. The van der Waals surface area contributed by atoms with Crippen LogP contribution in [0.5, 0.6) is 0 Å². The van der Waals surface area contributed by atoms with Crippen LogP contribution in [0.25, 0.3) is 0 Å². The van der Waals surface area contributed by atoms with E-state index in [1.54, 1.807) is 0 Å². The van der Waals surface area contributed by atoms with E-state index in [2.05, 4.69) is 26.1 Å². The Morgan fingerprint density at radius 1 is 1.16 bits per heavy atom. The Morgan fingerprint density at radius 2 is 1.89 bits per heavy atom. The van der Waals surface area contributed by atoms with Gasteiger partial charge in [0.05, 0.1) is 10.7 Å². The Balaban J connectivity index is 2.02. The van der Waals surface area contributed by atoms with E-state index in [1.807, 2.05) is 11.3 Å². The van der Waals surface area contributed by atoms with Crippen molar-refractivity contribution in [3.63, 3.8) is 0 Å². The zero-order valence-corrected chi connectivity index (χ0v) is 13.5. The molecule has 2 rings (SSSR count). The lowest BCUT2D eigenvalue weighted by atomic mass is 9.81. The minimum atomic E-state index is 0.744. The molecule has 19 heavy (non-hydrogen) atoms. The number of hydrogen-bond acceptors (Lipinski definition) is 3. The van der Waals surface area contributed by atoms with Gasteiger partial charge < -0.3 is 5.32 Å². The average Bonchev–Trinajstić information content (AvgIpc) is 2.88. The standard InChI is InChI=1S/C16H28N2S/c1-4-12-7-9-13(10-8-12)16-18-14(5-2)15(19-16)11-17-6-3/h12-13,17H,4-11H2,1-3H3. The number of nitrogens with zero attached hydrogens (tertiary/aromatic N) is 1. The largest absolute Gasteiger partial charge is 0.312 e. The van der Waals surface area contributed by atoms with E-state index >= 15 is 0 Å². The van der Waals surface area contributed by atoms with Gasteiger partial charge in [-0.25, -0.2) is 4.98 Å². The molecule has 1 fully saturated rings. The SMILES string of the molecule is CCNCc1sc(C2CCC(CC)CC2)nc1CC. The van der Waals surface area contributed by atoms with Gasteiger partial charge in [-0.05, 0) is 44.6 Å². The molecule has 108 valence electrons. The van der Waals surface area contributed by atoms with Crippen molar-refractivity contribution in [1.82, 2.24) is 10.3 Å². The highest BCUT2D eigenvalue weighted by Crippen LogP contribution is 2.39. The maximum Gasteiger partial charge on any atom is 0.0962 e. The van der Waals surface area contributed by atoms with Crippen LogP contribution in [0.2, 0.25) is 0 Å². The van der Waals surface area contributed by atoms with Gasteiger partial charge in [0.1, 0.15) is 0 Å². The topological polar surface area (TPSA) is 24.9 Å². The van der Waals surface area contributed by atoms with Gasteiger partial charge in [0.2, 0.25) is 0 Å². The first-order valence-corrected chi connectivity index (χ1v) is 8.79. The summed E-state index contributed by atoms with van der Waals surface area (Å²) >= 11 is 1.97. The van der Waals surface area contributed by atoms with E-state index in [4.69, 9.17) is 4.98 Å². The van der Waals surface area contributed by atoms with Gasteiger partial charge in [-0.3, -0.25) is 0 Å². The highest BCUT2D eigenvalue weighted by Gasteiger charge is 2.24. The van der Waals surface area contributed by atoms with Crippen LogP contribution >= 0.6 is 11.3 Å². The molecule has 0 bridgehead atoms. The van der Waals surface area contributed by atoms with E-state index in [-0.39, 0.29) is 0 Å². The molecule has 2 nitrogen and oxygen atoms in total. The van der Waals surface area contributed by atoms with Crippen LogP contribution in [-0.4, -0.2) is 11.5 Å². The molecule has 3 heteroatoms. The van der Waals surface area contributed by atoms with Crippen molar-refractivity contribution in [1.29, 1.82) is 0 Å². The molecule has 0 radical (unpaired) electrons. The predicted molar refractivity (Wildman–Crippen MR) is 83.9 cm³/mol. The minimum Gasteiger partial charge on any atom is -0.312 e. The second-order valence-electron chi connectivity index (χ2n) is 5.68. The van der Waals surface area contributed by atoms with Gasteiger partial charge in [0, 0.05) is 17.3 Å². The fourth-order valence-corrected chi connectivity index (χ4v) is 4.34. The van der Waals surface area contributed by atoms with Gasteiger partial charge >= 0.3 is 0 Å². The van der Waals surface area contributed by atoms with Crippen LogP contribution < -0.4 is 5.32 Å². The van der Waals surface area contributed by atoms with E-state index in [0.29, 0.717) is 0 Å². The smallest absolute Gasteiger partial charge is 0.0962 e. The summed E-state index contributed by atoms with van der Waals surface area (Å²) in [4.78, 5) is 6.40. The molecule has 0 saturated heterocycles. The van der Waals surface area contributed by atoms with E-state index in [0.717, 1.165) is 31.3 Å². The molecule has 1 saturated carbocycles. The predicted octanol–water partition coefficient (Wildman–Crippen LogP) is 4.50. The normalized spacial score (nSPS) is 23.7. The van der Waals surface area contributed by atoms with Crippen LogP contribution in [0.4, 0.5) is 0 Å². The Morgan fingerprint density at radius 3 is 2.47 bits per heavy atom. The molecule has 1 N–H and O–H groups in total. The fraction of sp³-hybridized carbons (Fsp3) is 0.812. The lowest BCUT2D eigenvalue weighted by Gasteiger charge is -2.26. The van der Waals surface area contributed by atoms with Crippen LogP contribution in [0.3, 0.4) is 0 Å². The van der Waals surface area contributed by atoms with Gasteiger partial charge in [-0.1, -0.05) is 27.2 Å². The Bertz CT molecular complexity index is 378. The summed E-state index contributed by atoms with van der Waals surface area (Å²) in [5.41, 5.74) is 1.33. The van der Waals surface area contributed by atoms with Crippen molar-refractivity contribution in [3.05, 3.63) is 15.6 Å². The summed E-state index contributed by atoms with van der Waals surface area (Å²) < 4.78 is 0. The first-order valence-electron chi connectivity index (χ1n) is 7.97. The minimum absolute atomic E-state index is 0.744. The molecule has 1 aliphatic rings. The van der Waals surface area contributed by atoms with Crippen molar-refractivity contribution in [2.24, 2.45) is 5.92 Å². The highest BCUT2D eigenvalue weighted by molar-refractivity contribution is 7.11. The van der Waals surface area contributed by atoms with Gasteiger partial charge in [-0.2, -0.15) is 0 Å². The molecular weight excluding hydrogens is 252 g/mol. The van der Waals surface area contributed by atoms with Gasteiger partial charge in [0.15, 0.2) is 0 Å². The Kier molecular flexibility index (Phi) is 5.83. The van der Waals surface area contributed by atoms with Crippen molar-refractivity contribution in [2.45, 2.75) is 71.8 Å². The van der Waals surface area contributed by atoms with Crippen molar-refractivity contribution in [3.8, 4) is 0 Å². The molecule has 0 aliphatic heterocycles. The number of nitrogens with one attached hydrogen (secondary N) is 1. The lowest BCUT2D eigenvalue weighted by Crippen LogP contribution is -2.12. The summed E-state index contributed by atoms with van der Waals surface area (Å²) in [6.45, 7) is 8.76. The van der Waals surface area contributed by atoms with Gasteiger partial charge in [0.25, 0.3) is 0 Å². The van der Waals surface area contributed by atoms with E-state index < -0.39 is 0 Å². The molecule has 0 atom stereocenters. The van der Waals surface area contributed by atoms with Crippen LogP contribution in [0.15, 0.2) is 0 Å². The fourth-order valence-electron chi connectivity index (χ4n) is 3.05. The van der Waals surface area contributed by atoms with Crippen molar-refractivity contribution in [2.75, 3.05) is 6.54 Å². The Hall–Kier alpha value is -0.410. The quantitative estimate of drug-likeness (QED) is 0.830. The molecule has 1 aromatic rings. The first-order chi connectivity index (χ1) is 9.28. The second-order valence-corrected chi connectivity index (χ2v) is 6.80. The molecule has 1 heterocycles. The number of rotatable bonds is 6. The summed E-state index contributed by atoms with van der Waals surface area (Å²) in [7, 11) is 0. The summed E-state index contributed by atoms with van der Waals surface area (Å²) in [6, 6.07) is 0.